The fourth-order valence-electron chi connectivity index (χ4n) is 2.89. The number of fused-ring (bicyclic) bond motifs is 3. The van der Waals surface area contributed by atoms with E-state index in [1.165, 1.54) is 0 Å². The van der Waals surface area contributed by atoms with Gasteiger partial charge in [-0.15, -0.1) is 0 Å². The van der Waals surface area contributed by atoms with Gasteiger partial charge in [0.05, 0.1) is 11.7 Å². The Kier molecular flexibility index (Phi) is 4.18. The van der Waals surface area contributed by atoms with E-state index in [-0.39, 0.29) is 5.91 Å². The highest BCUT2D eigenvalue weighted by Crippen LogP contribution is 2.24. The number of aromatic amines is 1. The average Bonchev–Trinajstić information content (AvgIpc) is 3.28. The molecule has 0 unspecified atom stereocenters. The van der Waals surface area contributed by atoms with Crippen LogP contribution in [0.15, 0.2) is 55.6 Å². The Balaban J connectivity index is 1.47. The third-order valence-electron chi connectivity index (χ3n) is 4.24. The third kappa shape index (κ3) is 2.95. The molecule has 0 aliphatic carbocycles. The van der Waals surface area contributed by atoms with Gasteiger partial charge in [-0.05, 0) is 30.3 Å². The van der Waals surface area contributed by atoms with E-state index >= 15 is 0 Å². The molecule has 0 saturated carbocycles. The van der Waals surface area contributed by atoms with E-state index in [9.17, 15) is 4.79 Å². The average molecular weight is 366 g/mol. The molecule has 6 nitrogen and oxygen atoms in total. The topological polar surface area (TPSA) is 75.6 Å². The Labute approximate surface area is 154 Å². The predicted molar refractivity (Wildman–Crippen MR) is 103 cm³/mol. The Bertz CT molecular complexity index is 1110. The van der Waals surface area contributed by atoms with E-state index < -0.39 is 0 Å². The number of rotatable bonds is 5. The number of amides is 1. The van der Waals surface area contributed by atoms with Crippen molar-refractivity contribution in [3.63, 3.8) is 0 Å². The number of imidazole rings is 1. The van der Waals surface area contributed by atoms with Crippen molar-refractivity contribution in [1.29, 1.82) is 0 Å². The summed E-state index contributed by atoms with van der Waals surface area (Å²) in [6.07, 6.45) is 5.92. The Morgan fingerprint density at radius 1 is 1.23 bits per heavy atom. The summed E-state index contributed by atoms with van der Waals surface area (Å²) in [7, 11) is 0. The number of nitrogens with one attached hydrogen (secondary N) is 2. The van der Waals surface area contributed by atoms with E-state index in [1.54, 1.807) is 36.8 Å². The van der Waals surface area contributed by atoms with Gasteiger partial charge in [-0.2, -0.15) is 0 Å². The Morgan fingerprint density at radius 2 is 2.04 bits per heavy atom. The van der Waals surface area contributed by atoms with Crippen LogP contribution in [0.1, 0.15) is 16.8 Å². The fraction of sp³-hybridized carbons (Fsp3) is 0.105. The van der Waals surface area contributed by atoms with Gasteiger partial charge >= 0.3 is 0 Å². The number of pyridine rings is 1. The van der Waals surface area contributed by atoms with Crippen molar-refractivity contribution in [2.75, 3.05) is 6.54 Å². The summed E-state index contributed by atoms with van der Waals surface area (Å²) < 4.78 is 1.95. The number of benzene rings is 1. The van der Waals surface area contributed by atoms with Crippen LogP contribution in [0.25, 0.3) is 27.8 Å². The SMILES string of the molecule is C=C(CCNC(=O)c1ccc(Cl)cc1)n1cnc2cnc3[nH]ccc3c21. The third-order valence-corrected chi connectivity index (χ3v) is 4.49. The molecule has 0 aliphatic heterocycles. The molecule has 0 saturated heterocycles. The first-order chi connectivity index (χ1) is 12.6. The number of carbonyl (C=O) groups excluding carboxylic acids is 1. The number of hydrogen-bond acceptors (Lipinski definition) is 3. The monoisotopic (exact) mass is 365 g/mol. The van der Waals surface area contributed by atoms with Crippen molar-refractivity contribution in [3.05, 3.63) is 66.2 Å². The zero-order valence-corrected chi connectivity index (χ0v) is 14.6. The van der Waals surface area contributed by atoms with Gasteiger partial charge in [0, 0.05) is 40.8 Å². The van der Waals surface area contributed by atoms with Gasteiger partial charge in [-0.25, -0.2) is 9.97 Å². The van der Waals surface area contributed by atoms with Crippen molar-refractivity contribution in [3.8, 4) is 0 Å². The van der Waals surface area contributed by atoms with Gasteiger partial charge < -0.3 is 14.9 Å². The first-order valence-electron chi connectivity index (χ1n) is 8.14. The predicted octanol–water partition coefficient (Wildman–Crippen LogP) is 3.86. The van der Waals surface area contributed by atoms with Gasteiger partial charge in [-0.3, -0.25) is 4.79 Å². The maximum Gasteiger partial charge on any atom is 0.251 e. The van der Waals surface area contributed by atoms with Crippen LogP contribution in [0, 0.1) is 0 Å². The summed E-state index contributed by atoms with van der Waals surface area (Å²) in [5, 5.41) is 4.49. The molecule has 3 heterocycles. The van der Waals surface area contributed by atoms with Crippen LogP contribution in [0.5, 0.6) is 0 Å². The van der Waals surface area contributed by atoms with Gasteiger partial charge in [0.25, 0.3) is 5.91 Å². The maximum atomic E-state index is 12.2. The lowest BCUT2D eigenvalue weighted by atomic mass is 10.2. The van der Waals surface area contributed by atoms with E-state index in [0.717, 1.165) is 27.8 Å². The molecule has 0 spiro atoms. The molecular formula is C19H16ClN5O. The fourth-order valence-corrected chi connectivity index (χ4v) is 3.02. The number of H-pyrrole nitrogens is 1. The van der Waals surface area contributed by atoms with Gasteiger partial charge in [0.2, 0.25) is 0 Å². The highest BCUT2D eigenvalue weighted by atomic mass is 35.5. The second kappa shape index (κ2) is 6.65. The van der Waals surface area contributed by atoms with Crippen LogP contribution in [0.2, 0.25) is 5.02 Å². The zero-order valence-electron chi connectivity index (χ0n) is 13.9. The Morgan fingerprint density at radius 3 is 2.85 bits per heavy atom. The lowest BCUT2D eigenvalue weighted by molar-refractivity contribution is 0.0954. The van der Waals surface area contributed by atoms with Crippen LogP contribution in [0.3, 0.4) is 0 Å². The molecule has 4 rings (SSSR count). The first kappa shape index (κ1) is 16.4. The van der Waals surface area contributed by atoms with E-state index in [0.29, 0.717) is 23.6 Å². The van der Waals surface area contributed by atoms with Crippen molar-refractivity contribution >= 4 is 45.3 Å². The molecule has 7 heteroatoms. The quantitative estimate of drug-likeness (QED) is 0.564. The molecule has 0 atom stereocenters. The van der Waals surface area contributed by atoms with Gasteiger partial charge in [0.1, 0.15) is 17.5 Å². The van der Waals surface area contributed by atoms with Crippen LogP contribution >= 0.6 is 11.6 Å². The molecule has 0 aliphatic rings. The lowest BCUT2D eigenvalue weighted by Crippen LogP contribution is -2.24. The zero-order chi connectivity index (χ0) is 18.1. The van der Waals surface area contributed by atoms with Gasteiger partial charge in [0.15, 0.2) is 0 Å². The number of carbonyl (C=O) groups is 1. The maximum absolute atomic E-state index is 12.2. The highest BCUT2D eigenvalue weighted by molar-refractivity contribution is 6.30. The molecule has 0 bridgehead atoms. The minimum Gasteiger partial charge on any atom is -0.352 e. The molecule has 1 aromatic carbocycles. The summed E-state index contributed by atoms with van der Waals surface area (Å²) in [5.74, 6) is -0.137. The molecule has 2 N–H and O–H groups in total. The number of nitrogens with zero attached hydrogens (tertiary/aromatic N) is 3. The van der Waals surface area contributed by atoms with E-state index in [1.807, 2.05) is 16.8 Å². The normalized spacial score (nSPS) is 11.1. The van der Waals surface area contributed by atoms with Crippen molar-refractivity contribution in [2.45, 2.75) is 6.42 Å². The molecule has 0 fully saturated rings. The summed E-state index contributed by atoms with van der Waals surface area (Å²) in [4.78, 5) is 24.0. The molecule has 1 amide bonds. The summed E-state index contributed by atoms with van der Waals surface area (Å²) in [5.41, 5.74) is 4.00. The Hall–Kier alpha value is -3.12. The molecule has 4 aromatic rings. The molecule has 3 aromatic heterocycles. The van der Waals surface area contributed by atoms with Crippen LogP contribution in [-0.2, 0) is 0 Å². The smallest absolute Gasteiger partial charge is 0.251 e. The molecule has 130 valence electrons. The largest absolute Gasteiger partial charge is 0.352 e. The standard InChI is InChI=1S/C19H16ClN5O/c1-12(6-8-22-19(26)13-2-4-14(20)5-3-13)25-11-24-16-10-23-18-15(17(16)25)7-9-21-18/h2-5,7,9-11H,1,6,8H2,(H,21,23)(H,22,26). The second-order valence-corrected chi connectivity index (χ2v) is 6.36. The van der Waals surface area contributed by atoms with E-state index in [4.69, 9.17) is 11.6 Å². The minimum atomic E-state index is -0.137. The summed E-state index contributed by atoms with van der Waals surface area (Å²) in [6.45, 7) is 4.62. The van der Waals surface area contributed by atoms with Crippen LogP contribution in [0.4, 0.5) is 0 Å². The summed E-state index contributed by atoms with van der Waals surface area (Å²) in [6, 6.07) is 8.77. The molecule has 26 heavy (non-hydrogen) atoms. The van der Waals surface area contributed by atoms with Crippen LogP contribution < -0.4 is 5.32 Å². The minimum absolute atomic E-state index is 0.137. The highest BCUT2D eigenvalue weighted by Gasteiger charge is 2.11. The number of hydrogen-bond donors (Lipinski definition) is 2. The van der Waals surface area contributed by atoms with Crippen LogP contribution in [-0.4, -0.2) is 32.0 Å². The van der Waals surface area contributed by atoms with Crippen molar-refractivity contribution in [2.24, 2.45) is 0 Å². The van der Waals surface area contributed by atoms with Crippen molar-refractivity contribution in [1.82, 2.24) is 24.8 Å². The lowest BCUT2D eigenvalue weighted by Gasteiger charge is -2.10. The molecular weight excluding hydrogens is 350 g/mol. The van der Waals surface area contributed by atoms with Crippen molar-refractivity contribution < 1.29 is 4.79 Å². The number of halogens is 1. The number of aromatic nitrogens is 4. The van der Waals surface area contributed by atoms with E-state index in [2.05, 4.69) is 26.8 Å². The first-order valence-corrected chi connectivity index (χ1v) is 8.52. The summed E-state index contributed by atoms with van der Waals surface area (Å²) >= 11 is 5.84. The molecule has 0 radical (unpaired) electrons. The van der Waals surface area contributed by atoms with Gasteiger partial charge in [-0.1, -0.05) is 18.2 Å². The second-order valence-electron chi connectivity index (χ2n) is 5.93.